The highest BCUT2D eigenvalue weighted by molar-refractivity contribution is 7.15. The molecule has 152 valence electrons. The predicted molar refractivity (Wildman–Crippen MR) is 116 cm³/mol. The van der Waals surface area contributed by atoms with E-state index < -0.39 is 17.7 Å². The molecule has 6 nitrogen and oxygen atoms in total. The van der Waals surface area contributed by atoms with E-state index in [1.54, 1.807) is 31.2 Å². The van der Waals surface area contributed by atoms with Gasteiger partial charge in [0.25, 0.3) is 5.78 Å². The van der Waals surface area contributed by atoms with Crippen molar-refractivity contribution in [1.82, 2.24) is 10.2 Å². The van der Waals surface area contributed by atoms with Gasteiger partial charge in [0.05, 0.1) is 11.6 Å². The Labute approximate surface area is 178 Å². The van der Waals surface area contributed by atoms with Gasteiger partial charge in [0.1, 0.15) is 10.8 Å². The van der Waals surface area contributed by atoms with Crippen molar-refractivity contribution < 1.29 is 14.7 Å². The molecule has 1 aliphatic rings. The Balaban J connectivity index is 1.91. The number of amides is 1. The average molecular weight is 420 g/mol. The van der Waals surface area contributed by atoms with E-state index in [0.29, 0.717) is 21.6 Å². The first-order chi connectivity index (χ1) is 14.4. The largest absolute Gasteiger partial charge is 0.507 e. The van der Waals surface area contributed by atoms with Gasteiger partial charge in [-0.15, -0.1) is 10.2 Å². The van der Waals surface area contributed by atoms with Crippen molar-refractivity contribution >= 4 is 33.9 Å². The molecule has 0 radical (unpaired) electrons. The minimum atomic E-state index is -0.779. The van der Waals surface area contributed by atoms with E-state index in [1.165, 1.54) is 16.2 Å². The third-order valence-corrected chi connectivity index (χ3v) is 5.97. The van der Waals surface area contributed by atoms with E-state index in [2.05, 4.69) is 24.0 Å². The number of Topliss-reactive ketones (excluding diaryl/α,β-unsaturated/α-hetero) is 1. The Morgan fingerprint density at radius 1 is 1.03 bits per heavy atom. The molecule has 3 aromatic rings. The lowest BCUT2D eigenvalue weighted by molar-refractivity contribution is -0.132. The lowest BCUT2D eigenvalue weighted by Gasteiger charge is -2.23. The molecule has 7 heteroatoms. The first-order valence-corrected chi connectivity index (χ1v) is 10.5. The van der Waals surface area contributed by atoms with E-state index in [-0.39, 0.29) is 11.3 Å². The van der Waals surface area contributed by atoms with Gasteiger partial charge in [0, 0.05) is 5.56 Å². The molecule has 0 spiro atoms. The number of benzene rings is 2. The molecule has 2 aromatic carbocycles. The van der Waals surface area contributed by atoms with Crippen molar-refractivity contribution in [3.05, 3.63) is 81.9 Å². The van der Waals surface area contributed by atoms with Gasteiger partial charge in [0.2, 0.25) is 5.13 Å². The Morgan fingerprint density at radius 2 is 1.70 bits per heavy atom. The van der Waals surface area contributed by atoms with Crippen LogP contribution >= 0.6 is 11.3 Å². The van der Waals surface area contributed by atoms with Crippen LogP contribution in [0.1, 0.15) is 47.5 Å². The second-order valence-corrected chi connectivity index (χ2v) is 8.62. The summed E-state index contributed by atoms with van der Waals surface area (Å²) in [7, 11) is 0. The number of aliphatic hydroxyl groups excluding tert-OH is 1. The molecule has 1 saturated heterocycles. The van der Waals surface area contributed by atoms with E-state index in [0.717, 1.165) is 11.1 Å². The van der Waals surface area contributed by atoms with Crippen LogP contribution in [0.3, 0.4) is 0 Å². The molecule has 1 aromatic heterocycles. The number of hydrogen-bond donors (Lipinski definition) is 1. The van der Waals surface area contributed by atoms with Crippen LogP contribution in [0.4, 0.5) is 5.13 Å². The van der Waals surface area contributed by atoms with Crippen LogP contribution in [0.25, 0.3) is 5.76 Å². The fourth-order valence-corrected chi connectivity index (χ4v) is 4.26. The maximum atomic E-state index is 13.0. The van der Waals surface area contributed by atoms with Gasteiger partial charge in [0.15, 0.2) is 0 Å². The summed E-state index contributed by atoms with van der Waals surface area (Å²) < 4.78 is 0. The number of hydrogen-bond acceptors (Lipinski definition) is 6. The average Bonchev–Trinajstić information content (AvgIpc) is 3.29. The van der Waals surface area contributed by atoms with Crippen LogP contribution in [-0.4, -0.2) is 27.0 Å². The molecule has 0 saturated carbocycles. The van der Waals surface area contributed by atoms with Crippen LogP contribution in [0.15, 0.2) is 60.2 Å². The number of carbonyl (C=O) groups excluding carboxylic acids is 2. The lowest BCUT2D eigenvalue weighted by Crippen LogP contribution is -2.29. The number of rotatable bonds is 4. The van der Waals surface area contributed by atoms with Gasteiger partial charge in [-0.3, -0.25) is 14.5 Å². The van der Waals surface area contributed by atoms with Crippen molar-refractivity contribution in [3.63, 3.8) is 0 Å². The third-order valence-electron chi connectivity index (χ3n) is 5.13. The molecule has 0 bridgehead atoms. The lowest BCUT2D eigenvalue weighted by atomic mass is 9.93. The molecule has 4 rings (SSSR count). The summed E-state index contributed by atoms with van der Waals surface area (Å²) >= 11 is 1.23. The second kappa shape index (κ2) is 7.84. The highest BCUT2D eigenvalue weighted by Gasteiger charge is 2.48. The Bertz CT molecular complexity index is 1130. The zero-order chi connectivity index (χ0) is 21.4. The van der Waals surface area contributed by atoms with Crippen LogP contribution in [0.2, 0.25) is 0 Å². The van der Waals surface area contributed by atoms with Crippen molar-refractivity contribution in [2.75, 3.05) is 4.90 Å². The number of nitrogens with zero attached hydrogens (tertiary/aromatic N) is 3. The number of carbonyl (C=O) groups is 2. The molecular formula is C23H21N3O3S. The number of aliphatic hydroxyl groups is 1. The number of ketones is 1. The summed E-state index contributed by atoms with van der Waals surface area (Å²) in [5, 5.41) is 20.1. The Morgan fingerprint density at radius 3 is 2.27 bits per heavy atom. The highest BCUT2D eigenvalue weighted by atomic mass is 32.1. The van der Waals surface area contributed by atoms with Crippen LogP contribution in [0, 0.1) is 6.92 Å². The van der Waals surface area contributed by atoms with Crippen molar-refractivity contribution in [2.24, 2.45) is 0 Å². The first-order valence-electron chi connectivity index (χ1n) is 9.65. The topological polar surface area (TPSA) is 83.4 Å². The minimum absolute atomic E-state index is 0.0522. The molecule has 0 unspecified atom stereocenters. The SMILES string of the molecule is Cc1nnc(N2C(=O)C(=O)/C(=C(/O)c3ccccc3)[C@@H]2c2ccc(C(C)C)cc2)s1. The molecular weight excluding hydrogens is 398 g/mol. The summed E-state index contributed by atoms with van der Waals surface area (Å²) in [6, 6.07) is 15.7. The number of aryl methyl sites for hydroxylation is 1. The standard InChI is InChI=1S/C23H21N3O3S/c1-13(2)15-9-11-16(12-10-15)19-18(20(27)17-7-5-4-6-8-17)21(28)22(29)26(19)23-25-24-14(3)30-23/h4-13,19,27H,1-3H3/b20-18+/t19-/m0/s1. The van der Waals surface area contributed by atoms with Gasteiger partial charge < -0.3 is 5.11 Å². The molecule has 30 heavy (non-hydrogen) atoms. The van der Waals surface area contributed by atoms with Gasteiger partial charge in [-0.05, 0) is 24.0 Å². The van der Waals surface area contributed by atoms with Gasteiger partial charge in [-0.2, -0.15) is 0 Å². The van der Waals surface area contributed by atoms with E-state index >= 15 is 0 Å². The summed E-state index contributed by atoms with van der Waals surface area (Å²) in [5.41, 5.74) is 2.40. The van der Waals surface area contributed by atoms with Gasteiger partial charge in [-0.25, -0.2) is 0 Å². The maximum Gasteiger partial charge on any atom is 0.301 e. The van der Waals surface area contributed by atoms with Gasteiger partial charge in [-0.1, -0.05) is 79.8 Å². The molecule has 1 N–H and O–H groups in total. The fraction of sp³-hybridized carbons (Fsp3) is 0.217. The van der Waals surface area contributed by atoms with Crippen LogP contribution in [-0.2, 0) is 9.59 Å². The second-order valence-electron chi connectivity index (χ2n) is 7.46. The van der Waals surface area contributed by atoms with Crippen molar-refractivity contribution in [3.8, 4) is 0 Å². The van der Waals surface area contributed by atoms with E-state index in [1.807, 2.05) is 30.3 Å². The summed E-state index contributed by atoms with van der Waals surface area (Å²) in [6.45, 7) is 5.98. The van der Waals surface area contributed by atoms with Crippen LogP contribution in [0.5, 0.6) is 0 Å². The minimum Gasteiger partial charge on any atom is -0.507 e. The quantitative estimate of drug-likeness (QED) is 0.380. The van der Waals surface area contributed by atoms with E-state index in [9.17, 15) is 14.7 Å². The molecule has 1 amide bonds. The molecule has 1 fully saturated rings. The zero-order valence-corrected chi connectivity index (χ0v) is 17.7. The monoisotopic (exact) mass is 419 g/mol. The predicted octanol–water partition coefficient (Wildman–Crippen LogP) is 4.60. The maximum absolute atomic E-state index is 13.0. The Hall–Kier alpha value is -3.32. The summed E-state index contributed by atoms with van der Waals surface area (Å²) in [4.78, 5) is 27.3. The molecule has 0 aliphatic carbocycles. The number of anilines is 1. The van der Waals surface area contributed by atoms with Crippen molar-refractivity contribution in [2.45, 2.75) is 32.7 Å². The summed E-state index contributed by atoms with van der Waals surface area (Å²) in [5.74, 6) is -1.31. The molecule has 2 heterocycles. The first kappa shape index (κ1) is 20.0. The zero-order valence-electron chi connectivity index (χ0n) is 16.9. The van der Waals surface area contributed by atoms with Gasteiger partial charge >= 0.3 is 5.91 Å². The molecule has 1 aliphatic heterocycles. The normalized spacial score (nSPS) is 18.4. The van der Waals surface area contributed by atoms with Crippen LogP contribution < -0.4 is 4.90 Å². The third kappa shape index (κ3) is 3.41. The summed E-state index contributed by atoms with van der Waals surface area (Å²) in [6.07, 6.45) is 0. The smallest absolute Gasteiger partial charge is 0.301 e. The Kier molecular flexibility index (Phi) is 5.22. The van der Waals surface area contributed by atoms with Crippen molar-refractivity contribution in [1.29, 1.82) is 0 Å². The fourth-order valence-electron chi connectivity index (χ4n) is 3.54. The number of aromatic nitrogens is 2. The van der Waals surface area contributed by atoms with E-state index in [4.69, 9.17) is 0 Å². The molecule has 1 atom stereocenters. The highest BCUT2D eigenvalue weighted by Crippen LogP contribution is 2.43.